The van der Waals surface area contributed by atoms with Gasteiger partial charge in [0.25, 0.3) is 5.69 Å². The van der Waals surface area contributed by atoms with E-state index >= 15 is 0 Å². The molecule has 0 spiro atoms. The molecular weight excluding hydrogens is 258 g/mol. The quantitative estimate of drug-likeness (QED) is 0.550. The number of aliphatic hydroxyl groups is 1. The summed E-state index contributed by atoms with van der Waals surface area (Å²) >= 11 is 0. The summed E-state index contributed by atoms with van der Waals surface area (Å²) < 4.78 is 0. The maximum atomic E-state index is 10.9. The molecule has 20 heavy (non-hydrogen) atoms. The second-order valence-corrected chi connectivity index (χ2v) is 5.20. The fourth-order valence-corrected chi connectivity index (χ4v) is 2.63. The van der Waals surface area contributed by atoms with Gasteiger partial charge in [-0.2, -0.15) is 0 Å². The lowest BCUT2D eigenvalue weighted by Gasteiger charge is -2.16. The molecule has 0 heterocycles. The Morgan fingerprint density at radius 3 is 2.55 bits per heavy atom. The molecular formula is C14H21N3O3. The van der Waals surface area contributed by atoms with E-state index in [0.717, 1.165) is 24.9 Å². The number of benzene rings is 1. The highest BCUT2D eigenvalue weighted by molar-refractivity contribution is 5.63. The molecule has 2 unspecified atom stereocenters. The van der Waals surface area contributed by atoms with Crippen molar-refractivity contribution >= 4 is 17.1 Å². The summed E-state index contributed by atoms with van der Waals surface area (Å²) in [5.74, 6) is 0.233. The van der Waals surface area contributed by atoms with Gasteiger partial charge < -0.3 is 15.7 Å². The maximum absolute atomic E-state index is 10.9. The van der Waals surface area contributed by atoms with Crippen molar-refractivity contribution in [3.8, 4) is 0 Å². The maximum Gasteiger partial charge on any atom is 0.273 e. The highest BCUT2D eigenvalue weighted by Crippen LogP contribution is 2.28. The van der Waals surface area contributed by atoms with Gasteiger partial charge >= 0.3 is 0 Å². The van der Waals surface area contributed by atoms with E-state index in [2.05, 4.69) is 10.6 Å². The van der Waals surface area contributed by atoms with E-state index in [9.17, 15) is 15.2 Å². The Hall–Kier alpha value is -1.82. The van der Waals surface area contributed by atoms with Crippen molar-refractivity contribution in [2.45, 2.75) is 32.3 Å². The molecule has 0 amide bonds. The normalized spacial score (nSPS) is 21.7. The molecule has 0 aliphatic heterocycles. The number of nitrogens with zero attached hydrogens (tertiary/aromatic N) is 1. The molecule has 2 rings (SSSR count). The summed E-state index contributed by atoms with van der Waals surface area (Å²) in [7, 11) is 0. The van der Waals surface area contributed by atoms with Gasteiger partial charge in [-0.3, -0.25) is 10.1 Å². The van der Waals surface area contributed by atoms with Gasteiger partial charge in [0.1, 0.15) is 0 Å². The van der Waals surface area contributed by atoms with Crippen LogP contribution >= 0.6 is 0 Å². The summed E-state index contributed by atoms with van der Waals surface area (Å²) in [6.45, 7) is 3.30. The topological polar surface area (TPSA) is 87.4 Å². The minimum absolute atomic E-state index is 0.0675. The monoisotopic (exact) mass is 279 g/mol. The molecule has 1 aromatic carbocycles. The lowest BCUT2D eigenvalue weighted by atomic mass is 10.1. The fourth-order valence-electron chi connectivity index (χ4n) is 2.63. The predicted molar refractivity (Wildman–Crippen MR) is 79.1 cm³/mol. The third kappa shape index (κ3) is 3.60. The van der Waals surface area contributed by atoms with E-state index < -0.39 is 4.92 Å². The molecule has 1 saturated carbocycles. The predicted octanol–water partition coefficient (Wildman–Crippen LogP) is 2.60. The first-order valence-electron chi connectivity index (χ1n) is 7.05. The summed E-state index contributed by atoms with van der Waals surface area (Å²) in [6, 6.07) is 4.92. The van der Waals surface area contributed by atoms with Crippen LogP contribution in [0.1, 0.15) is 26.2 Å². The first-order chi connectivity index (χ1) is 9.60. The summed E-state index contributed by atoms with van der Waals surface area (Å²) in [5, 5.41) is 27.0. The Morgan fingerprint density at radius 1 is 1.30 bits per heavy atom. The molecule has 0 radical (unpaired) electrons. The van der Waals surface area contributed by atoms with Crippen molar-refractivity contribution in [2.24, 2.45) is 5.92 Å². The Kier molecular flexibility index (Phi) is 4.79. The molecule has 6 nitrogen and oxygen atoms in total. The molecule has 1 aliphatic carbocycles. The van der Waals surface area contributed by atoms with Gasteiger partial charge in [-0.15, -0.1) is 0 Å². The van der Waals surface area contributed by atoms with Crippen LogP contribution in [0, 0.1) is 16.0 Å². The number of anilines is 2. The highest BCUT2D eigenvalue weighted by Gasteiger charge is 2.24. The van der Waals surface area contributed by atoms with Crippen LogP contribution in [0.25, 0.3) is 0 Å². The Labute approximate surface area is 118 Å². The smallest absolute Gasteiger partial charge is 0.273 e. The number of rotatable bonds is 6. The minimum atomic E-state index is -0.392. The van der Waals surface area contributed by atoms with E-state index in [1.807, 2.05) is 13.0 Å². The van der Waals surface area contributed by atoms with Gasteiger partial charge in [-0.25, -0.2) is 0 Å². The zero-order valence-corrected chi connectivity index (χ0v) is 11.6. The highest BCUT2D eigenvalue weighted by atomic mass is 16.6. The molecule has 2 atom stereocenters. The Balaban J connectivity index is 2.07. The van der Waals surface area contributed by atoms with Gasteiger partial charge in [0, 0.05) is 42.5 Å². The summed E-state index contributed by atoms with van der Waals surface area (Å²) in [5.41, 5.74) is 1.52. The van der Waals surface area contributed by atoms with Crippen molar-refractivity contribution in [3.05, 3.63) is 28.3 Å². The van der Waals surface area contributed by atoms with Crippen molar-refractivity contribution in [2.75, 3.05) is 23.7 Å². The van der Waals surface area contributed by atoms with E-state index in [-0.39, 0.29) is 17.7 Å². The largest absolute Gasteiger partial charge is 0.393 e. The Bertz CT molecular complexity index is 479. The van der Waals surface area contributed by atoms with Crippen LogP contribution in [-0.4, -0.2) is 29.2 Å². The third-order valence-corrected chi connectivity index (χ3v) is 3.70. The molecule has 0 bridgehead atoms. The van der Waals surface area contributed by atoms with Gasteiger partial charge in [0.2, 0.25) is 0 Å². The number of nitro groups is 1. The minimum Gasteiger partial charge on any atom is -0.393 e. The van der Waals surface area contributed by atoms with Gasteiger partial charge in [-0.1, -0.05) is 6.42 Å². The molecule has 1 fully saturated rings. The second kappa shape index (κ2) is 6.56. The lowest BCUT2D eigenvalue weighted by molar-refractivity contribution is -0.384. The first-order valence-corrected chi connectivity index (χ1v) is 7.05. The number of non-ortho nitro benzene ring substituents is 1. The van der Waals surface area contributed by atoms with Gasteiger partial charge in [0.15, 0.2) is 0 Å². The average Bonchev–Trinajstić information content (AvgIpc) is 2.82. The van der Waals surface area contributed by atoms with Crippen LogP contribution in [0.5, 0.6) is 0 Å². The first kappa shape index (κ1) is 14.6. The van der Waals surface area contributed by atoms with E-state index in [1.54, 1.807) is 0 Å². The lowest BCUT2D eigenvalue weighted by Crippen LogP contribution is -2.21. The molecule has 0 aromatic heterocycles. The van der Waals surface area contributed by atoms with Gasteiger partial charge in [0.05, 0.1) is 11.0 Å². The molecule has 110 valence electrons. The molecule has 0 saturated heterocycles. The van der Waals surface area contributed by atoms with Crippen LogP contribution < -0.4 is 10.6 Å². The molecule has 1 aromatic rings. The van der Waals surface area contributed by atoms with Crippen molar-refractivity contribution in [1.82, 2.24) is 0 Å². The molecule has 6 heteroatoms. The van der Waals surface area contributed by atoms with E-state index in [4.69, 9.17) is 0 Å². The van der Waals surface area contributed by atoms with Crippen LogP contribution in [0.2, 0.25) is 0 Å². The zero-order chi connectivity index (χ0) is 14.5. The summed E-state index contributed by atoms with van der Waals surface area (Å²) in [4.78, 5) is 10.5. The summed E-state index contributed by atoms with van der Waals surface area (Å²) in [6.07, 6.45) is 2.65. The zero-order valence-electron chi connectivity index (χ0n) is 11.6. The SMILES string of the molecule is CCNc1cc(NCC2CCCC2O)cc([N+](=O)[O-])c1. The fraction of sp³-hybridized carbons (Fsp3) is 0.571. The van der Waals surface area contributed by atoms with Crippen LogP contribution in [0.4, 0.5) is 17.1 Å². The van der Waals surface area contributed by atoms with E-state index in [1.165, 1.54) is 12.1 Å². The Morgan fingerprint density at radius 2 is 2.00 bits per heavy atom. The second-order valence-electron chi connectivity index (χ2n) is 5.20. The van der Waals surface area contributed by atoms with Crippen LogP contribution in [0.3, 0.4) is 0 Å². The van der Waals surface area contributed by atoms with Crippen LogP contribution in [0.15, 0.2) is 18.2 Å². The van der Waals surface area contributed by atoms with Crippen molar-refractivity contribution in [1.29, 1.82) is 0 Å². The standard InChI is InChI=1S/C14H21N3O3/c1-2-15-11-6-12(8-13(7-11)17(19)20)16-9-10-4-3-5-14(10)18/h6-8,10,14-16,18H,2-5,9H2,1H3. The number of nitro benzene ring substituents is 1. The number of hydrogen-bond donors (Lipinski definition) is 3. The molecule has 1 aliphatic rings. The number of hydrogen-bond acceptors (Lipinski definition) is 5. The van der Waals surface area contributed by atoms with E-state index in [0.29, 0.717) is 18.8 Å². The van der Waals surface area contributed by atoms with Crippen molar-refractivity contribution in [3.63, 3.8) is 0 Å². The van der Waals surface area contributed by atoms with Gasteiger partial charge in [-0.05, 0) is 25.8 Å². The third-order valence-electron chi connectivity index (χ3n) is 3.70. The number of nitrogens with one attached hydrogen (secondary N) is 2. The van der Waals surface area contributed by atoms with Crippen LogP contribution in [-0.2, 0) is 0 Å². The average molecular weight is 279 g/mol. The van der Waals surface area contributed by atoms with Crippen molar-refractivity contribution < 1.29 is 10.0 Å². The number of aliphatic hydroxyl groups excluding tert-OH is 1. The molecule has 3 N–H and O–H groups in total.